The lowest BCUT2D eigenvalue weighted by atomic mass is 10.1. The molecule has 3 rings (SSSR count). The molecule has 2 aromatic heterocycles. The predicted octanol–water partition coefficient (Wildman–Crippen LogP) is 2.68. The van der Waals surface area contributed by atoms with E-state index in [0.29, 0.717) is 18.7 Å². The molecule has 0 radical (unpaired) electrons. The first-order chi connectivity index (χ1) is 11.2. The van der Waals surface area contributed by atoms with Gasteiger partial charge in [0, 0.05) is 36.3 Å². The first kappa shape index (κ1) is 15.0. The molecule has 23 heavy (non-hydrogen) atoms. The SMILES string of the molecule is Cc1ccccc1C(=O)NCCn1ccc(-c2ccncc2)n1. The fourth-order valence-electron chi connectivity index (χ4n) is 2.37. The number of nitrogens with one attached hydrogen (secondary N) is 1. The van der Waals surface area contributed by atoms with Gasteiger partial charge in [-0.15, -0.1) is 0 Å². The average Bonchev–Trinajstić information content (AvgIpc) is 3.05. The molecule has 1 N–H and O–H groups in total. The summed E-state index contributed by atoms with van der Waals surface area (Å²) in [7, 11) is 0. The Morgan fingerprint density at radius 3 is 2.70 bits per heavy atom. The highest BCUT2D eigenvalue weighted by atomic mass is 16.1. The van der Waals surface area contributed by atoms with Crippen LogP contribution < -0.4 is 5.32 Å². The second-order valence-corrected chi connectivity index (χ2v) is 5.27. The van der Waals surface area contributed by atoms with E-state index in [4.69, 9.17) is 0 Å². The van der Waals surface area contributed by atoms with Gasteiger partial charge in [0.1, 0.15) is 0 Å². The number of aryl methyl sites for hydroxylation is 1. The lowest BCUT2D eigenvalue weighted by molar-refractivity contribution is 0.0951. The number of aromatic nitrogens is 3. The highest BCUT2D eigenvalue weighted by Crippen LogP contribution is 2.14. The molecule has 116 valence electrons. The molecule has 5 nitrogen and oxygen atoms in total. The zero-order valence-electron chi connectivity index (χ0n) is 12.9. The summed E-state index contributed by atoms with van der Waals surface area (Å²) in [4.78, 5) is 16.1. The van der Waals surface area contributed by atoms with Crippen molar-refractivity contribution in [2.75, 3.05) is 6.54 Å². The molecule has 2 heterocycles. The third-order valence-corrected chi connectivity index (χ3v) is 3.63. The highest BCUT2D eigenvalue weighted by molar-refractivity contribution is 5.95. The molecule has 0 fully saturated rings. The number of benzene rings is 1. The number of rotatable bonds is 5. The van der Waals surface area contributed by atoms with Crippen LogP contribution in [0.1, 0.15) is 15.9 Å². The number of nitrogens with zero attached hydrogens (tertiary/aromatic N) is 3. The van der Waals surface area contributed by atoms with Gasteiger partial charge in [-0.1, -0.05) is 18.2 Å². The van der Waals surface area contributed by atoms with Crippen LogP contribution in [-0.2, 0) is 6.54 Å². The van der Waals surface area contributed by atoms with E-state index < -0.39 is 0 Å². The van der Waals surface area contributed by atoms with Gasteiger partial charge >= 0.3 is 0 Å². The van der Waals surface area contributed by atoms with Gasteiger partial charge in [0.2, 0.25) is 0 Å². The number of hydrogen-bond donors (Lipinski definition) is 1. The van der Waals surface area contributed by atoms with Crippen LogP contribution in [0.3, 0.4) is 0 Å². The van der Waals surface area contributed by atoms with Crippen molar-refractivity contribution in [3.8, 4) is 11.3 Å². The van der Waals surface area contributed by atoms with Crippen molar-refractivity contribution in [3.63, 3.8) is 0 Å². The molecule has 0 atom stereocenters. The van der Waals surface area contributed by atoms with E-state index in [9.17, 15) is 4.79 Å². The molecule has 0 aliphatic heterocycles. The maximum absolute atomic E-state index is 12.1. The van der Waals surface area contributed by atoms with Crippen molar-refractivity contribution in [1.29, 1.82) is 0 Å². The normalized spacial score (nSPS) is 10.5. The number of hydrogen-bond acceptors (Lipinski definition) is 3. The largest absolute Gasteiger partial charge is 0.350 e. The summed E-state index contributed by atoms with van der Waals surface area (Å²) >= 11 is 0. The summed E-state index contributed by atoms with van der Waals surface area (Å²) in [6.45, 7) is 3.09. The van der Waals surface area contributed by atoms with Gasteiger partial charge in [0.15, 0.2) is 0 Å². The van der Waals surface area contributed by atoms with Crippen LogP contribution in [0.4, 0.5) is 0 Å². The highest BCUT2D eigenvalue weighted by Gasteiger charge is 2.07. The van der Waals surface area contributed by atoms with E-state index in [-0.39, 0.29) is 5.91 Å². The van der Waals surface area contributed by atoms with E-state index in [1.807, 2.05) is 60.3 Å². The molecule has 1 aromatic carbocycles. The van der Waals surface area contributed by atoms with Crippen molar-refractivity contribution >= 4 is 5.91 Å². The van der Waals surface area contributed by atoms with Gasteiger partial charge in [0.05, 0.1) is 12.2 Å². The fraction of sp³-hybridized carbons (Fsp3) is 0.167. The van der Waals surface area contributed by atoms with Crippen molar-refractivity contribution in [1.82, 2.24) is 20.1 Å². The zero-order valence-corrected chi connectivity index (χ0v) is 12.9. The van der Waals surface area contributed by atoms with Crippen LogP contribution in [0.15, 0.2) is 61.1 Å². The summed E-state index contributed by atoms with van der Waals surface area (Å²) in [5, 5.41) is 7.43. The molecule has 0 spiro atoms. The Kier molecular flexibility index (Phi) is 4.47. The molecule has 1 amide bonds. The first-order valence-corrected chi connectivity index (χ1v) is 7.52. The van der Waals surface area contributed by atoms with Gasteiger partial charge in [-0.3, -0.25) is 14.5 Å². The second kappa shape index (κ2) is 6.87. The first-order valence-electron chi connectivity index (χ1n) is 7.52. The number of carbonyl (C=O) groups excluding carboxylic acids is 1. The van der Waals surface area contributed by atoms with Gasteiger partial charge in [-0.2, -0.15) is 5.10 Å². The molecular formula is C18H18N4O. The molecule has 0 saturated carbocycles. The summed E-state index contributed by atoms with van der Waals surface area (Å²) < 4.78 is 1.83. The van der Waals surface area contributed by atoms with Crippen LogP contribution in [0.25, 0.3) is 11.3 Å². The van der Waals surface area contributed by atoms with Crippen LogP contribution in [0, 0.1) is 6.92 Å². The summed E-state index contributed by atoms with van der Waals surface area (Å²) in [5.41, 5.74) is 3.62. The lowest BCUT2D eigenvalue weighted by Gasteiger charge is -2.07. The van der Waals surface area contributed by atoms with Crippen LogP contribution in [0.5, 0.6) is 0 Å². The molecule has 0 aliphatic rings. The molecule has 3 aromatic rings. The Labute approximate surface area is 135 Å². The summed E-state index contributed by atoms with van der Waals surface area (Å²) in [6.07, 6.45) is 5.41. The Bertz CT molecular complexity index is 796. The van der Waals surface area contributed by atoms with E-state index >= 15 is 0 Å². The molecule has 0 saturated heterocycles. The minimum absolute atomic E-state index is 0.0513. The third-order valence-electron chi connectivity index (χ3n) is 3.63. The van der Waals surface area contributed by atoms with Crippen LogP contribution in [-0.4, -0.2) is 27.2 Å². The molecular weight excluding hydrogens is 288 g/mol. The van der Waals surface area contributed by atoms with E-state index in [1.165, 1.54) is 0 Å². The standard InChI is InChI=1S/C18H18N4O/c1-14-4-2-3-5-16(14)18(23)20-11-13-22-12-8-17(21-22)15-6-9-19-10-7-15/h2-10,12H,11,13H2,1H3,(H,20,23). The number of amides is 1. The lowest BCUT2D eigenvalue weighted by Crippen LogP contribution is -2.27. The Balaban J connectivity index is 1.56. The number of carbonyl (C=O) groups is 1. The van der Waals surface area contributed by atoms with E-state index in [0.717, 1.165) is 16.8 Å². The third kappa shape index (κ3) is 3.63. The van der Waals surface area contributed by atoms with Gasteiger partial charge < -0.3 is 5.32 Å². The van der Waals surface area contributed by atoms with Crippen molar-refractivity contribution < 1.29 is 4.79 Å². The quantitative estimate of drug-likeness (QED) is 0.788. The van der Waals surface area contributed by atoms with E-state index in [2.05, 4.69) is 15.4 Å². The monoisotopic (exact) mass is 306 g/mol. The minimum atomic E-state index is -0.0513. The minimum Gasteiger partial charge on any atom is -0.350 e. The Morgan fingerprint density at radius 2 is 1.91 bits per heavy atom. The van der Waals surface area contributed by atoms with Crippen molar-refractivity contribution in [2.45, 2.75) is 13.5 Å². The maximum atomic E-state index is 12.1. The Morgan fingerprint density at radius 1 is 1.13 bits per heavy atom. The van der Waals surface area contributed by atoms with Crippen LogP contribution in [0.2, 0.25) is 0 Å². The number of pyridine rings is 1. The maximum Gasteiger partial charge on any atom is 0.251 e. The molecule has 0 bridgehead atoms. The van der Waals surface area contributed by atoms with Gasteiger partial charge in [0.25, 0.3) is 5.91 Å². The predicted molar refractivity (Wildman–Crippen MR) is 89.0 cm³/mol. The van der Waals surface area contributed by atoms with Gasteiger partial charge in [-0.25, -0.2) is 0 Å². The molecule has 5 heteroatoms. The summed E-state index contributed by atoms with van der Waals surface area (Å²) in [5.74, 6) is -0.0513. The molecule has 0 unspecified atom stereocenters. The second-order valence-electron chi connectivity index (χ2n) is 5.27. The van der Waals surface area contributed by atoms with Crippen molar-refractivity contribution in [3.05, 3.63) is 72.2 Å². The fourth-order valence-corrected chi connectivity index (χ4v) is 2.37. The van der Waals surface area contributed by atoms with Crippen molar-refractivity contribution in [2.24, 2.45) is 0 Å². The van der Waals surface area contributed by atoms with E-state index in [1.54, 1.807) is 12.4 Å². The smallest absolute Gasteiger partial charge is 0.251 e. The average molecular weight is 306 g/mol. The topological polar surface area (TPSA) is 59.8 Å². The van der Waals surface area contributed by atoms with Gasteiger partial charge in [-0.05, 0) is 36.8 Å². The Hall–Kier alpha value is -2.95. The molecule has 0 aliphatic carbocycles. The zero-order chi connectivity index (χ0) is 16.1. The summed E-state index contributed by atoms with van der Waals surface area (Å²) in [6, 6.07) is 13.4. The van der Waals surface area contributed by atoms with Crippen LogP contribution >= 0.6 is 0 Å².